The SMILES string of the molecule is CC(C)(C)OC(=O)Nc1ccc([N+](=O)[O-])c(NC(=O)OCC2CCN(c3ccncc3)CC2)c1. The highest BCUT2D eigenvalue weighted by Gasteiger charge is 2.23. The lowest BCUT2D eigenvalue weighted by Gasteiger charge is -2.33. The van der Waals surface area contributed by atoms with Crippen molar-refractivity contribution in [2.75, 3.05) is 35.2 Å². The maximum Gasteiger partial charge on any atom is 0.412 e. The van der Waals surface area contributed by atoms with Crippen molar-refractivity contribution in [3.63, 3.8) is 0 Å². The Morgan fingerprint density at radius 3 is 2.41 bits per heavy atom. The van der Waals surface area contributed by atoms with E-state index >= 15 is 0 Å². The van der Waals surface area contributed by atoms with Crippen molar-refractivity contribution in [1.82, 2.24) is 4.98 Å². The molecule has 1 aromatic heterocycles. The molecule has 11 heteroatoms. The molecule has 0 radical (unpaired) electrons. The predicted molar refractivity (Wildman–Crippen MR) is 127 cm³/mol. The van der Waals surface area contributed by atoms with Crippen molar-refractivity contribution in [3.8, 4) is 0 Å². The van der Waals surface area contributed by atoms with E-state index in [1.165, 1.54) is 18.2 Å². The Balaban J connectivity index is 1.54. The number of carbonyl (C=O) groups excluding carboxylic acids is 2. The molecule has 1 saturated heterocycles. The van der Waals surface area contributed by atoms with E-state index in [0.29, 0.717) is 0 Å². The number of nitrogens with zero attached hydrogens (tertiary/aromatic N) is 3. The molecule has 0 atom stereocenters. The second kappa shape index (κ2) is 10.8. The molecular formula is C23H29N5O6. The molecule has 0 saturated carbocycles. The van der Waals surface area contributed by atoms with E-state index in [1.54, 1.807) is 33.2 Å². The van der Waals surface area contributed by atoms with Crippen LogP contribution >= 0.6 is 0 Å². The van der Waals surface area contributed by atoms with Gasteiger partial charge in [0.1, 0.15) is 11.3 Å². The van der Waals surface area contributed by atoms with Gasteiger partial charge in [0.25, 0.3) is 5.69 Å². The number of nitro groups is 1. The third-order valence-electron chi connectivity index (χ3n) is 5.17. The zero-order valence-electron chi connectivity index (χ0n) is 19.4. The van der Waals surface area contributed by atoms with E-state index in [9.17, 15) is 19.7 Å². The molecule has 34 heavy (non-hydrogen) atoms. The molecule has 0 spiro atoms. The minimum atomic E-state index is -0.797. The maximum absolute atomic E-state index is 12.4. The zero-order chi connectivity index (χ0) is 24.7. The van der Waals surface area contributed by atoms with Gasteiger partial charge in [-0.15, -0.1) is 0 Å². The molecule has 2 N–H and O–H groups in total. The Morgan fingerprint density at radius 2 is 1.79 bits per heavy atom. The third-order valence-corrected chi connectivity index (χ3v) is 5.17. The highest BCUT2D eigenvalue weighted by atomic mass is 16.6. The number of benzene rings is 1. The number of amides is 2. The van der Waals surface area contributed by atoms with E-state index in [2.05, 4.69) is 20.5 Å². The smallest absolute Gasteiger partial charge is 0.412 e. The fourth-order valence-corrected chi connectivity index (χ4v) is 3.55. The van der Waals surface area contributed by atoms with E-state index in [4.69, 9.17) is 9.47 Å². The second-order valence-corrected chi connectivity index (χ2v) is 8.98. The van der Waals surface area contributed by atoms with Crippen LogP contribution in [-0.4, -0.2) is 47.4 Å². The van der Waals surface area contributed by atoms with Gasteiger partial charge in [-0.05, 0) is 63.8 Å². The summed E-state index contributed by atoms with van der Waals surface area (Å²) in [6, 6.07) is 7.76. The van der Waals surface area contributed by atoms with E-state index in [-0.39, 0.29) is 29.6 Å². The van der Waals surface area contributed by atoms with Gasteiger partial charge in [0.2, 0.25) is 0 Å². The van der Waals surface area contributed by atoms with Gasteiger partial charge in [0, 0.05) is 42.9 Å². The molecule has 1 fully saturated rings. The van der Waals surface area contributed by atoms with E-state index in [1.807, 2.05) is 12.1 Å². The van der Waals surface area contributed by atoms with Crippen LogP contribution in [0.3, 0.4) is 0 Å². The van der Waals surface area contributed by atoms with Crippen molar-refractivity contribution in [2.45, 2.75) is 39.2 Å². The van der Waals surface area contributed by atoms with Crippen LogP contribution < -0.4 is 15.5 Å². The summed E-state index contributed by atoms with van der Waals surface area (Å²) in [6.07, 6.45) is 3.70. The lowest BCUT2D eigenvalue weighted by Crippen LogP contribution is -2.35. The van der Waals surface area contributed by atoms with Crippen LogP contribution in [0.15, 0.2) is 42.7 Å². The van der Waals surface area contributed by atoms with Crippen LogP contribution in [0.25, 0.3) is 0 Å². The number of aromatic nitrogens is 1. The van der Waals surface area contributed by atoms with Crippen molar-refractivity contribution >= 4 is 34.9 Å². The minimum Gasteiger partial charge on any atom is -0.449 e. The molecule has 2 amide bonds. The molecule has 2 heterocycles. The number of nitro benzene ring substituents is 1. The fourth-order valence-electron chi connectivity index (χ4n) is 3.55. The van der Waals surface area contributed by atoms with Gasteiger partial charge in [-0.25, -0.2) is 9.59 Å². The number of piperidine rings is 1. The molecule has 1 aliphatic rings. The minimum absolute atomic E-state index is 0.0870. The fraction of sp³-hybridized carbons (Fsp3) is 0.435. The summed E-state index contributed by atoms with van der Waals surface area (Å²) in [7, 11) is 0. The summed E-state index contributed by atoms with van der Waals surface area (Å²) in [4.78, 5) is 41.4. The lowest BCUT2D eigenvalue weighted by atomic mass is 9.97. The number of anilines is 3. The zero-order valence-corrected chi connectivity index (χ0v) is 19.4. The highest BCUT2D eigenvalue weighted by molar-refractivity contribution is 5.91. The second-order valence-electron chi connectivity index (χ2n) is 8.98. The van der Waals surface area contributed by atoms with E-state index in [0.717, 1.165) is 31.6 Å². The molecule has 3 rings (SSSR count). The molecule has 0 unspecified atom stereocenters. The first-order chi connectivity index (χ1) is 16.1. The molecule has 1 aliphatic heterocycles. The summed E-state index contributed by atoms with van der Waals surface area (Å²) in [5, 5.41) is 16.3. The van der Waals surface area contributed by atoms with Gasteiger partial charge < -0.3 is 14.4 Å². The van der Waals surface area contributed by atoms with Crippen molar-refractivity contribution in [3.05, 3.63) is 52.8 Å². The number of rotatable bonds is 6. The number of carbonyl (C=O) groups is 2. The van der Waals surface area contributed by atoms with Crippen molar-refractivity contribution in [1.29, 1.82) is 0 Å². The van der Waals surface area contributed by atoms with E-state index < -0.39 is 22.7 Å². The first-order valence-corrected chi connectivity index (χ1v) is 11.0. The monoisotopic (exact) mass is 471 g/mol. The Bertz CT molecular complexity index is 1020. The average Bonchev–Trinajstić information content (AvgIpc) is 2.77. The first kappa shape index (κ1) is 24.7. The third kappa shape index (κ3) is 7.32. The molecule has 1 aromatic carbocycles. The van der Waals surface area contributed by atoms with Crippen molar-refractivity contribution in [2.24, 2.45) is 5.92 Å². The molecule has 0 aliphatic carbocycles. The molecule has 11 nitrogen and oxygen atoms in total. The lowest BCUT2D eigenvalue weighted by molar-refractivity contribution is -0.383. The number of ether oxygens (including phenoxy) is 2. The number of hydrogen-bond donors (Lipinski definition) is 2. The Labute approximate surface area is 197 Å². The van der Waals surface area contributed by atoms with Gasteiger partial charge in [-0.2, -0.15) is 0 Å². The number of pyridine rings is 1. The predicted octanol–water partition coefficient (Wildman–Crippen LogP) is 4.80. The summed E-state index contributed by atoms with van der Waals surface area (Å²) in [5.41, 5.74) is 0.232. The number of hydrogen-bond acceptors (Lipinski definition) is 8. The molecule has 0 bridgehead atoms. The van der Waals surface area contributed by atoms with Gasteiger partial charge in [-0.3, -0.25) is 25.7 Å². The largest absolute Gasteiger partial charge is 0.449 e. The Kier molecular flexibility index (Phi) is 7.87. The quantitative estimate of drug-likeness (QED) is 0.453. The maximum atomic E-state index is 12.4. The van der Waals surface area contributed by atoms with Crippen LogP contribution in [0.2, 0.25) is 0 Å². The topological polar surface area (TPSA) is 136 Å². The van der Waals surface area contributed by atoms with Gasteiger partial charge >= 0.3 is 12.2 Å². The van der Waals surface area contributed by atoms with Crippen LogP contribution in [0.5, 0.6) is 0 Å². The Hall–Kier alpha value is -3.89. The van der Waals surface area contributed by atoms with Crippen LogP contribution in [0, 0.1) is 16.0 Å². The summed E-state index contributed by atoms with van der Waals surface area (Å²) in [6.45, 7) is 7.03. The van der Waals surface area contributed by atoms with Crippen LogP contribution in [-0.2, 0) is 9.47 Å². The van der Waals surface area contributed by atoms with Gasteiger partial charge in [0.05, 0.1) is 11.5 Å². The molecule has 2 aromatic rings. The highest BCUT2D eigenvalue weighted by Crippen LogP contribution is 2.29. The molecular weight excluding hydrogens is 442 g/mol. The van der Waals surface area contributed by atoms with Gasteiger partial charge in [0.15, 0.2) is 0 Å². The standard InChI is InChI=1S/C23H29N5O6/c1-23(2,3)34-22(30)25-17-4-5-20(28(31)32)19(14-17)26-21(29)33-15-16-8-12-27(13-9-16)18-6-10-24-11-7-18/h4-7,10-11,14,16H,8-9,12-13,15H2,1-3H3,(H,25,30)(H,26,29). The first-order valence-electron chi connectivity index (χ1n) is 11.0. The summed E-state index contributed by atoms with van der Waals surface area (Å²) in [5.74, 6) is 0.194. The Morgan fingerprint density at radius 1 is 1.12 bits per heavy atom. The van der Waals surface area contributed by atoms with Crippen molar-refractivity contribution < 1.29 is 24.0 Å². The number of nitrogens with one attached hydrogen (secondary N) is 2. The normalized spacial score (nSPS) is 14.3. The van der Waals surface area contributed by atoms with Gasteiger partial charge in [-0.1, -0.05) is 0 Å². The summed E-state index contributed by atoms with van der Waals surface area (Å²) >= 11 is 0. The van der Waals surface area contributed by atoms with Crippen LogP contribution in [0.4, 0.5) is 32.3 Å². The molecule has 182 valence electrons. The summed E-state index contributed by atoms with van der Waals surface area (Å²) < 4.78 is 10.5. The average molecular weight is 472 g/mol. The van der Waals surface area contributed by atoms with Crippen LogP contribution in [0.1, 0.15) is 33.6 Å².